The van der Waals surface area contributed by atoms with Gasteiger partial charge >= 0.3 is 5.69 Å². The number of nitrogens with one attached hydrogen (secondary N) is 1. The molecule has 1 aliphatic heterocycles. The molecule has 4 rings (SSSR count). The summed E-state index contributed by atoms with van der Waals surface area (Å²) in [4.78, 5) is 41.9. The Kier molecular flexibility index (Phi) is 7.24. The molecule has 0 aliphatic carbocycles. The maximum atomic E-state index is 12.9. The van der Waals surface area contributed by atoms with E-state index in [9.17, 15) is 14.4 Å². The van der Waals surface area contributed by atoms with Gasteiger partial charge in [-0.15, -0.1) is 0 Å². The van der Waals surface area contributed by atoms with Crippen molar-refractivity contribution in [3.63, 3.8) is 0 Å². The van der Waals surface area contributed by atoms with Gasteiger partial charge in [0.15, 0.2) is 0 Å². The number of amides is 2. The minimum atomic E-state index is -0.0555. The first-order valence-corrected chi connectivity index (χ1v) is 11.6. The smallest absolute Gasteiger partial charge is 0.329 e. The highest BCUT2D eigenvalue weighted by molar-refractivity contribution is 5.92. The van der Waals surface area contributed by atoms with Gasteiger partial charge < -0.3 is 10.2 Å². The van der Waals surface area contributed by atoms with E-state index in [0.717, 1.165) is 23.1 Å². The van der Waals surface area contributed by atoms with Gasteiger partial charge in [0, 0.05) is 51.4 Å². The first-order chi connectivity index (χ1) is 16.1. The molecule has 1 fully saturated rings. The molecule has 8 nitrogen and oxygen atoms in total. The standard InChI is InChI=1S/C25H31N5O3/c1-2-13-29-21-10-6-7-11-22(21)30(25(29)33)14-12-24(32)28-17-15-27(16-18-28)19-23(31)26-20-8-4-3-5-9-20/h3-11H,2,12-19H2,1H3,(H,26,31). The molecule has 3 aromatic rings. The quantitative estimate of drug-likeness (QED) is 0.573. The fraction of sp³-hybridized carbons (Fsp3) is 0.400. The van der Waals surface area contributed by atoms with Crippen molar-refractivity contribution in [2.45, 2.75) is 32.9 Å². The van der Waals surface area contributed by atoms with E-state index in [1.807, 2.05) is 66.4 Å². The molecule has 1 saturated heterocycles. The third-order valence-electron chi connectivity index (χ3n) is 6.07. The van der Waals surface area contributed by atoms with E-state index >= 15 is 0 Å². The van der Waals surface area contributed by atoms with Gasteiger partial charge in [-0.1, -0.05) is 37.3 Å². The molecule has 8 heteroatoms. The molecule has 1 aromatic heterocycles. The third kappa shape index (κ3) is 5.34. The van der Waals surface area contributed by atoms with Gasteiger partial charge in [0.2, 0.25) is 11.8 Å². The van der Waals surface area contributed by atoms with Crippen molar-refractivity contribution < 1.29 is 9.59 Å². The monoisotopic (exact) mass is 449 g/mol. The fourth-order valence-corrected chi connectivity index (χ4v) is 4.37. The van der Waals surface area contributed by atoms with E-state index in [-0.39, 0.29) is 23.9 Å². The Morgan fingerprint density at radius 2 is 1.45 bits per heavy atom. The van der Waals surface area contributed by atoms with Crippen molar-refractivity contribution in [1.29, 1.82) is 0 Å². The van der Waals surface area contributed by atoms with E-state index in [0.29, 0.717) is 45.8 Å². The van der Waals surface area contributed by atoms with Crippen LogP contribution in [-0.4, -0.2) is 63.5 Å². The number of hydrogen-bond donors (Lipinski definition) is 1. The summed E-state index contributed by atoms with van der Waals surface area (Å²) >= 11 is 0. The largest absolute Gasteiger partial charge is 0.340 e. The number of carbonyl (C=O) groups is 2. The van der Waals surface area contributed by atoms with Crippen molar-refractivity contribution in [3.05, 3.63) is 65.1 Å². The van der Waals surface area contributed by atoms with Gasteiger partial charge in [-0.25, -0.2) is 4.79 Å². The van der Waals surface area contributed by atoms with Gasteiger partial charge in [0.1, 0.15) is 0 Å². The minimum Gasteiger partial charge on any atom is -0.340 e. The van der Waals surface area contributed by atoms with Crippen LogP contribution in [0.5, 0.6) is 0 Å². The van der Waals surface area contributed by atoms with Gasteiger partial charge in [-0.3, -0.25) is 23.6 Å². The number of aromatic nitrogens is 2. The van der Waals surface area contributed by atoms with E-state index in [1.165, 1.54) is 0 Å². The van der Waals surface area contributed by atoms with Crippen LogP contribution >= 0.6 is 0 Å². The van der Waals surface area contributed by atoms with Crippen LogP contribution in [0.2, 0.25) is 0 Å². The van der Waals surface area contributed by atoms with Gasteiger partial charge in [-0.2, -0.15) is 0 Å². The molecule has 1 N–H and O–H groups in total. The summed E-state index contributed by atoms with van der Waals surface area (Å²) < 4.78 is 3.51. The molecular formula is C25H31N5O3. The van der Waals surface area contributed by atoms with Gasteiger partial charge in [0.25, 0.3) is 0 Å². The number of rotatable bonds is 8. The number of imidazole rings is 1. The summed E-state index contributed by atoms with van der Waals surface area (Å²) in [7, 11) is 0. The van der Waals surface area contributed by atoms with Crippen LogP contribution < -0.4 is 11.0 Å². The summed E-state index contributed by atoms with van der Waals surface area (Å²) in [6, 6.07) is 17.1. The zero-order valence-corrected chi connectivity index (χ0v) is 19.1. The molecule has 0 atom stereocenters. The maximum absolute atomic E-state index is 12.9. The van der Waals surface area contributed by atoms with Crippen molar-refractivity contribution >= 4 is 28.5 Å². The fourth-order valence-electron chi connectivity index (χ4n) is 4.37. The Morgan fingerprint density at radius 3 is 2.09 bits per heavy atom. The molecule has 2 amide bonds. The highest BCUT2D eigenvalue weighted by Crippen LogP contribution is 2.14. The van der Waals surface area contributed by atoms with Crippen molar-refractivity contribution in [1.82, 2.24) is 18.9 Å². The van der Waals surface area contributed by atoms with Crippen LogP contribution in [0.4, 0.5) is 5.69 Å². The summed E-state index contributed by atoms with van der Waals surface area (Å²) in [5.41, 5.74) is 2.52. The summed E-state index contributed by atoms with van der Waals surface area (Å²) in [6.07, 6.45) is 1.16. The lowest BCUT2D eigenvalue weighted by atomic mass is 10.2. The normalized spacial score (nSPS) is 14.5. The zero-order valence-electron chi connectivity index (χ0n) is 19.1. The van der Waals surface area contributed by atoms with E-state index in [2.05, 4.69) is 10.2 Å². The zero-order chi connectivity index (χ0) is 23.2. The number of carbonyl (C=O) groups excluding carboxylic acids is 2. The van der Waals surface area contributed by atoms with Crippen LogP contribution in [0.1, 0.15) is 19.8 Å². The maximum Gasteiger partial charge on any atom is 0.329 e. The topological polar surface area (TPSA) is 79.6 Å². The van der Waals surface area contributed by atoms with Crippen LogP contribution in [0, 0.1) is 0 Å². The molecule has 0 unspecified atom stereocenters. The second-order valence-corrected chi connectivity index (χ2v) is 8.40. The van der Waals surface area contributed by atoms with Crippen LogP contribution in [-0.2, 0) is 22.7 Å². The lowest BCUT2D eigenvalue weighted by molar-refractivity contribution is -0.133. The number of para-hydroxylation sites is 3. The number of benzene rings is 2. The van der Waals surface area contributed by atoms with Crippen LogP contribution in [0.15, 0.2) is 59.4 Å². The Morgan fingerprint density at radius 1 is 0.848 bits per heavy atom. The molecule has 33 heavy (non-hydrogen) atoms. The molecule has 2 heterocycles. The van der Waals surface area contributed by atoms with Crippen LogP contribution in [0.25, 0.3) is 11.0 Å². The summed E-state index contributed by atoms with van der Waals surface area (Å²) in [5, 5.41) is 2.90. The number of anilines is 1. The third-order valence-corrected chi connectivity index (χ3v) is 6.07. The Labute approximate surface area is 193 Å². The molecular weight excluding hydrogens is 418 g/mol. The predicted molar refractivity (Wildman–Crippen MR) is 129 cm³/mol. The SMILES string of the molecule is CCCn1c(=O)n(CCC(=O)N2CCN(CC(=O)Nc3ccccc3)CC2)c2ccccc21. The summed E-state index contributed by atoms with van der Waals surface area (Å²) in [6.45, 7) is 5.88. The average Bonchev–Trinajstić information content (AvgIpc) is 3.09. The second-order valence-electron chi connectivity index (χ2n) is 8.40. The molecule has 1 aliphatic rings. The van der Waals surface area contributed by atoms with E-state index in [1.54, 1.807) is 9.13 Å². The number of fused-ring (bicyclic) bond motifs is 1. The van der Waals surface area contributed by atoms with Crippen molar-refractivity contribution in [2.75, 3.05) is 38.0 Å². The number of hydrogen-bond acceptors (Lipinski definition) is 4. The molecule has 0 saturated carbocycles. The van der Waals surface area contributed by atoms with Crippen LogP contribution in [0.3, 0.4) is 0 Å². The first-order valence-electron chi connectivity index (χ1n) is 11.6. The highest BCUT2D eigenvalue weighted by atomic mass is 16.2. The van der Waals surface area contributed by atoms with Crippen molar-refractivity contribution in [3.8, 4) is 0 Å². The molecule has 0 bridgehead atoms. The lowest BCUT2D eigenvalue weighted by Crippen LogP contribution is -2.50. The highest BCUT2D eigenvalue weighted by Gasteiger charge is 2.23. The van der Waals surface area contributed by atoms with Crippen molar-refractivity contribution in [2.24, 2.45) is 0 Å². The van der Waals surface area contributed by atoms with E-state index in [4.69, 9.17) is 0 Å². The number of aryl methyl sites for hydroxylation is 2. The lowest BCUT2D eigenvalue weighted by Gasteiger charge is -2.34. The average molecular weight is 450 g/mol. The predicted octanol–water partition coefficient (Wildman–Crippen LogP) is 2.39. The molecule has 0 radical (unpaired) electrons. The number of piperazine rings is 1. The second kappa shape index (κ2) is 10.5. The molecule has 174 valence electrons. The molecule has 0 spiro atoms. The summed E-state index contributed by atoms with van der Waals surface area (Å²) in [5.74, 6) is -0.00793. The minimum absolute atomic E-state index is 0.0441. The Balaban J connectivity index is 1.29. The van der Waals surface area contributed by atoms with E-state index < -0.39 is 0 Å². The van der Waals surface area contributed by atoms with Gasteiger partial charge in [0.05, 0.1) is 17.6 Å². The van der Waals surface area contributed by atoms with Gasteiger partial charge in [-0.05, 0) is 30.7 Å². The first kappa shape index (κ1) is 22.8. The number of nitrogens with zero attached hydrogens (tertiary/aromatic N) is 4. The Hall–Kier alpha value is -3.39. The molecule has 2 aromatic carbocycles. The Bertz CT molecular complexity index is 1160.